The summed E-state index contributed by atoms with van der Waals surface area (Å²) in [6, 6.07) is 9.79. The summed E-state index contributed by atoms with van der Waals surface area (Å²) in [4.78, 5) is 29.3. The summed E-state index contributed by atoms with van der Waals surface area (Å²) in [5.74, 6) is -1.16. The number of carboxylic acid groups (broad SMARTS) is 1. The second-order valence-electron chi connectivity index (χ2n) is 5.22. The quantitative estimate of drug-likeness (QED) is 0.921. The van der Waals surface area contributed by atoms with Crippen molar-refractivity contribution >= 4 is 23.2 Å². The molecule has 1 unspecified atom stereocenters. The maximum atomic E-state index is 12.3. The van der Waals surface area contributed by atoms with Crippen molar-refractivity contribution < 1.29 is 19.4 Å². The second kappa shape index (κ2) is 6.89. The highest BCUT2D eigenvalue weighted by atomic mass is 32.1. The van der Waals surface area contributed by atoms with E-state index in [1.807, 2.05) is 35.7 Å². The average Bonchev–Trinajstić information content (AvgIpc) is 3.04. The molecule has 0 spiro atoms. The van der Waals surface area contributed by atoms with Crippen LogP contribution in [0, 0.1) is 0 Å². The lowest BCUT2D eigenvalue weighted by molar-refractivity contribution is -0.159. The Kier molecular flexibility index (Phi) is 4.68. The van der Waals surface area contributed by atoms with Crippen LogP contribution in [-0.2, 0) is 20.7 Å². The van der Waals surface area contributed by atoms with E-state index in [-0.39, 0.29) is 25.5 Å². The molecule has 1 saturated heterocycles. The van der Waals surface area contributed by atoms with Crippen molar-refractivity contribution in [2.24, 2.45) is 0 Å². The van der Waals surface area contributed by atoms with Crippen LogP contribution in [0.1, 0.15) is 5.69 Å². The third-order valence-electron chi connectivity index (χ3n) is 3.60. The molecule has 1 fully saturated rings. The van der Waals surface area contributed by atoms with Gasteiger partial charge in [0, 0.05) is 17.5 Å². The van der Waals surface area contributed by atoms with Crippen LogP contribution in [0.3, 0.4) is 0 Å². The van der Waals surface area contributed by atoms with Gasteiger partial charge in [-0.3, -0.25) is 4.79 Å². The molecule has 0 bridgehead atoms. The molecule has 0 saturated carbocycles. The molecule has 6 nitrogen and oxygen atoms in total. The zero-order valence-electron chi connectivity index (χ0n) is 12.3. The van der Waals surface area contributed by atoms with Crippen molar-refractivity contribution in [2.75, 3.05) is 19.7 Å². The van der Waals surface area contributed by atoms with Crippen molar-refractivity contribution in [3.05, 3.63) is 41.4 Å². The molecule has 0 radical (unpaired) electrons. The Morgan fingerprint density at radius 1 is 1.35 bits per heavy atom. The first kappa shape index (κ1) is 15.6. The Balaban J connectivity index is 1.64. The Morgan fingerprint density at radius 3 is 2.87 bits per heavy atom. The monoisotopic (exact) mass is 332 g/mol. The van der Waals surface area contributed by atoms with Gasteiger partial charge in [-0.2, -0.15) is 0 Å². The van der Waals surface area contributed by atoms with Crippen LogP contribution >= 0.6 is 11.3 Å². The third kappa shape index (κ3) is 3.75. The molecule has 2 aromatic rings. The van der Waals surface area contributed by atoms with E-state index in [0.29, 0.717) is 12.2 Å². The predicted molar refractivity (Wildman–Crippen MR) is 85.2 cm³/mol. The van der Waals surface area contributed by atoms with E-state index in [2.05, 4.69) is 4.98 Å². The SMILES string of the molecule is O=C(O)C1CN(C(=O)Cc2csc(-c3ccccc3)n2)CCO1. The number of thiazole rings is 1. The number of ether oxygens (including phenoxy) is 1. The van der Waals surface area contributed by atoms with Gasteiger partial charge in [-0.25, -0.2) is 9.78 Å². The van der Waals surface area contributed by atoms with Gasteiger partial charge >= 0.3 is 5.97 Å². The average molecular weight is 332 g/mol. The summed E-state index contributed by atoms with van der Waals surface area (Å²) < 4.78 is 5.12. The number of aliphatic carboxylic acids is 1. The van der Waals surface area contributed by atoms with Crippen LogP contribution < -0.4 is 0 Å². The fourth-order valence-corrected chi connectivity index (χ4v) is 3.22. The standard InChI is InChI=1S/C16H16N2O4S/c19-14(18-6-7-22-13(9-18)16(20)21)8-12-10-23-15(17-12)11-4-2-1-3-5-11/h1-5,10,13H,6-9H2,(H,20,21). The van der Waals surface area contributed by atoms with Gasteiger partial charge < -0.3 is 14.7 Å². The molecule has 2 heterocycles. The Labute approximate surface area is 137 Å². The molecule has 120 valence electrons. The molecular formula is C16H16N2O4S. The summed E-state index contributed by atoms with van der Waals surface area (Å²) in [6.45, 7) is 0.747. The van der Waals surface area contributed by atoms with Gasteiger partial charge in [0.05, 0.1) is 25.3 Å². The van der Waals surface area contributed by atoms with E-state index in [0.717, 1.165) is 10.6 Å². The fourth-order valence-electron chi connectivity index (χ4n) is 2.39. The van der Waals surface area contributed by atoms with Crippen molar-refractivity contribution in [1.82, 2.24) is 9.88 Å². The molecule has 7 heteroatoms. The van der Waals surface area contributed by atoms with E-state index < -0.39 is 12.1 Å². The molecule has 1 atom stereocenters. The lowest BCUT2D eigenvalue weighted by Crippen LogP contribution is -2.49. The maximum Gasteiger partial charge on any atom is 0.334 e. The van der Waals surface area contributed by atoms with E-state index >= 15 is 0 Å². The number of hydrogen-bond donors (Lipinski definition) is 1. The van der Waals surface area contributed by atoms with Gasteiger partial charge in [0.1, 0.15) is 5.01 Å². The molecule has 1 N–H and O–H groups in total. The number of carbonyl (C=O) groups is 2. The van der Waals surface area contributed by atoms with E-state index in [1.165, 1.54) is 16.2 Å². The zero-order chi connectivity index (χ0) is 16.2. The number of nitrogens with zero attached hydrogens (tertiary/aromatic N) is 2. The molecule has 1 aliphatic rings. The van der Waals surface area contributed by atoms with Crippen LogP contribution in [0.5, 0.6) is 0 Å². The van der Waals surface area contributed by atoms with Crippen LogP contribution in [-0.4, -0.2) is 52.7 Å². The summed E-state index contributed by atoms with van der Waals surface area (Å²) in [5, 5.41) is 11.7. The highest BCUT2D eigenvalue weighted by Gasteiger charge is 2.29. The van der Waals surface area contributed by atoms with E-state index in [1.54, 1.807) is 0 Å². The molecule has 0 aliphatic carbocycles. The van der Waals surface area contributed by atoms with Crippen molar-refractivity contribution in [2.45, 2.75) is 12.5 Å². The number of benzene rings is 1. The molecule has 1 aromatic carbocycles. The minimum atomic E-state index is -1.04. The van der Waals surface area contributed by atoms with E-state index in [9.17, 15) is 9.59 Å². The Hall–Kier alpha value is -2.25. The first-order chi connectivity index (χ1) is 11.1. The van der Waals surface area contributed by atoms with Crippen LogP contribution in [0.25, 0.3) is 10.6 Å². The minimum absolute atomic E-state index is 0.0871. The number of carboxylic acids is 1. The van der Waals surface area contributed by atoms with Gasteiger partial charge in [-0.15, -0.1) is 11.3 Å². The topological polar surface area (TPSA) is 79.7 Å². The number of carbonyl (C=O) groups excluding carboxylic acids is 1. The molecule has 1 amide bonds. The molecule has 3 rings (SSSR count). The lowest BCUT2D eigenvalue weighted by atomic mass is 10.2. The summed E-state index contributed by atoms with van der Waals surface area (Å²) in [5.41, 5.74) is 1.73. The zero-order valence-corrected chi connectivity index (χ0v) is 13.2. The summed E-state index contributed by atoms with van der Waals surface area (Å²) >= 11 is 1.50. The normalized spacial score (nSPS) is 17.9. The van der Waals surface area contributed by atoms with Crippen LogP contribution in [0.15, 0.2) is 35.7 Å². The highest BCUT2D eigenvalue weighted by molar-refractivity contribution is 7.13. The van der Waals surface area contributed by atoms with Gasteiger partial charge in [-0.05, 0) is 0 Å². The first-order valence-corrected chi connectivity index (χ1v) is 8.13. The number of aromatic nitrogens is 1. The van der Waals surface area contributed by atoms with Gasteiger partial charge in [0.25, 0.3) is 0 Å². The molecular weight excluding hydrogens is 316 g/mol. The summed E-state index contributed by atoms with van der Waals surface area (Å²) in [7, 11) is 0. The lowest BCUT2D eigenvalue weighted by Gasteiger charge is -2.30. The maximum absolute atomic E-state index is 12.3. The van der Waals surface area contributed by atoms with Gasteiger partial charge in [0.2, 0.25) is 5.91 Å². The Morgan fingerprint density at radius 2 is 2.13 bits per heavy atom. The number of hydrogen-bond acceptors (Lipinski definition) is 5. The molecule has 23 heavy (non-hydrogen) atoms. The van der Waals surface area contributed by atoms with Crippen LogP contribution in [0.2, 0.25) is 0 Å². The van der Waals surface area contributed by atoms with Crippen molar-refractivity contribution in [1.29, 1.82) is 0 Å². The smallest absolute Gasteiger partial charge is 0.334 e. The van der Waals surface area contributed by atoms with Crippen molar-refractivity contribution in [3.8, 4) is 10.6 Å². The first-order valence-electron chi connectivity index (χ1n) is 7.25. The van der Waals surface area contributed by atoms with Gasteiger partial charge in [-0.1, -0.05) is 30.3 Å². The largest absolute Gasteiger partial charge is 0.479 e. The minimum Gasteiger partial charge on any atom is -0.479 e. The van der Waals surface area contributed by atoms with Gasteiger partial charge in [0.15, 0.2) is 6.10 Å². The number of rotatable bonds is 4. The predicted octanol–water partition coefficient (Wildman–Crippen LogP) is 1.66. The summed E-state index contributed by atoms with van der Waals surface area (Å²) in [6.07, 6.45) is -0.765. The Bertz CT molecular complexity index is 701. The molecule has 1 aromatic heterocycles. The molecule has 1 aliphatic heterocycles. The fraction of sp³-hybridized carbons (Fsp3) is 0.312. The number of amides is 1. The van der Waals surface area contributed by atoms with Crippen LogP contribution in [0.4, 0.5) is 0 Å². The second-order valence-corrected chi connectivity index (χ2v) is 6.08. The third-order valence-corrected chi connectivity index (χ3v) is 4.54. The van der Waals surface area contributed by atoms with Crippen molar-refractivity contribution in [3.63, 3.8) is 0 Å². The van der Waals surface area contributed by atoms with E-state index in [4.69, 9.17) is 9.84 Å². The highest BCUT2D eigenvalue weighted by Crippen LogP contribution is 2.23. The number of morpholine rings is 1.